The molecule has 9 heteroatoms. The van der Waals surface area contributed by atoms with Gasteiger partial charge in [0.05, 0.1) is 9.83 Å². The van der Waals surface area contributed by atoms with Crippen molar-refractivity contribution in [2.75, 3.05) is 0 Å². The molecule has 2 aromatic carbocycles. The molecule has 0 atom stereocenters. The third kappa shape index (κ3) is 4.83. The number of para-hydroxylation sites is 1. The summed E-state index contributed by atoms with van der Waals surface area (Å²) >= 11 is 1.08. The molecule has 2 amide bonds. The minimum absolute atomic E-state index is 0.0145. The molecule has 0 saturated carbocycles. The topological polar surface area (TPSA) is 111 Å². The number of thioether (sulfide) groups is 1. The maximum absolute atomic E-state index is 12.0. The van der Waals surface area contributed by atoms with Crippen molar-refractivity contribution in [3.63, 3.8) is 0 Å². The molecule has 0 radical (unpaired) electrons. The van der Waals surface area contributed by atoms with Crippen LogP contribution >= 0.6 is 11.8 Å². The van der Waals surface area contributed by atoms with Gasteiger partial charge in [0.2, 0.25) is 5.91 Å². The van der Waals surface area contributed by atoms with E-state index in [1.807, 2.05) is 6.07 Å². The van der Waals surface area contributed by atoms with Crippen molar-refractivity contribution in [1.29, 1.82) is 0 Å². The lowest BCUT2D eigenvalue weighted by Gasteiger charge is -2.09. The number of non-ortho nitro benzene ring substituents is 1. The van der Waals surface area contributed by atoms with Gasteiger partial charge in [-0.1, -0.05) is 18.2 Å². The average Bonchev–Trinajstić information content (AvgIpc) is 2.99. The van der Waals surface area contributed by atoms with Crippen LogP contribution in [-0.4, -0.2) is 21.9 Å². The first kappa shape index (κ1) is 19.3. The van der Waals surface area contributed by atoms with E-state index in [0.717, 1.165) is 17.3 Å². The first-order valence-electron chi connectivity index (χ1n) is 8.17. The van der Waals surface area contributed by atoms with Crippen LogP contribution in [0.2, 0.25) is 0 Å². The molecule has 0 spiro atoms. The molecule has 28 heavy (non-hydrogen) atoms. The second kappa shape index (κ2) is 8.49. The molecule has 1 heterocycles. The average molecular weight is 397 g/mol. The fraction of sp³-hybridized carbons (Fsp3) is 0.105. The Balaban J connectivity index is 1.72. The molecule has 0 aliphatic carbocycles. The van der Waals surface area contributed by atoms with Gasteiger partial charge in [0.1, 0.15) is 12.4 Å². The first-order valence-corrected chi connectivity index (χ1v) is 8.99. The summed E-state index contributed by atoms with van der Waals surface area (Å²) in [4.78, 5) is 37.6. The van der Waals surface area contributed by atoms with E-state index in [1.54, 1.807) is 36.4 Å². The van der Waals surface area contributed by atoms with E-state index in [4.69, 9.17) is 4.74 Å². The molecule has 142 valence electrons. The van der Waals surface area contributed by atoms with Gasteiger partial charge < -0.3 is 10.1 Å². The Bertz CT molecular complexity index is 999. The summed E-state index contributed by atoms with van der Waals surface area (Å²) in [6.07, 6.45) is 1.65. The van der Waals surface area contributed by atoms with Gasteiger partial charge in [-0.15, -0.1) is 0 Å². The van der Waals surface area contributed by atoms with Crippen LogP contribution in [0.5, 0.6) is 5.75 Å². The van der Waals surface area contributed by atoms with E-state index < -0.39 is 10.8 Å². The standard InChI is InChI=1S/C19H15N3O5S/c1-12(23)20-19-21-18(24)17(28-19)10-14-4-2-3-5-16(14)27-11-13-6-8-15(9-7-13)22(25)26/h2-10H,11H2,1H3,(H,20,21,23,24)/b17-10+. The monoisotopic (exact) mass is 397 g/mol. The minimum Gasteiger partial charge on any atom is -0.488 e. The van der Waals surface area contributed by atoms with Gasteiger partial charge in [-0.3, -0.25) is 19.7 Å². The SMILES string of the molecule is CC(=O)NC1=NC(=O)/C(=C\c2ccccc2OCc2ccc([N+](=O)[O-])cc2)S1. The summed E-state index contributed by atoms with van der Waals surface area (Å²) < 4.78 is 5.82. The third-order valence-corrected chi connectivity index (χ3v) is 4.55. The van der Waals surface area contributed by atoms with Gasteiger partial charge in [0.15, 0.2) is 5.17 Å². The smallest absolute Gasteiger partial charge is 0.286 e. The number of nitrogens with one attached hydrogen (secondary N) is 1. The van der Waals surface area contributed by atoms with E-state index in [9.17, 15) is 19.7 Å². The number of amidine groups is 1. The van der Waals surface area contributed by atoms with E-state index in [1.165, 1.54) is 19.1 Å². The Morgan fingerprint density at radius 3 is 2.64 bits per heavy atom. The molecule has 8 nitrogen and oxygen atoms in total. The lowest BCUT2D eigenvalue weighted by atomic mass is 10.1. The van der Waals surface area contributed by atoms with Gasteiger partial charge in [0.25, 0.3) is 11.6 Å². The third-order valence-electron chi connectivity index (χ3n) is 3.65. The molecular weight excluding hydrogens is 382 g/mol. The number of nitro groups is 1. The fourth-order valence-corrected chi connectivity index (χ4v) is 3.21. The number of ether oxygens (including phenoxy) is 1. The highest BCUT2D eigenvalue weighted by Gasteiger charge is 2.23. The fourth-order valence-electron chi connectivity index (χ4n) is 2.36. The van der Waals surface area contributed by atoms with Gasteiger partial charge in [-0.2, -0.15) is 4.99 Å². The molecule has 3 rings (SSSR count). The highest BCUT2D eigenvalue weighted by Crippen LogP contribution is 2.30. The van der Waals surface area contributed by atoms with Crippen molar-refractivity contribution in [3.05, 3.63) is 74.7 Å². The van der Waals surface area contributed by atoms with Crippen LogP contribution in [0.15, 0.2) is 58.4 Å². The van der Waals surface area contributed by atoms with Crippen molar-refractivity contribution in [2.45, 2.75) is 13.5 Å². The van der Waals surface area contributed by atoms with Crippen LogP contribution in [0.1, 0.15) is 18.1 Å². The van der Waals surface area contributed by atoms with E-state index in [2.05, 4.69) is 10.3 Å². The quantitative estimate of drug-likeness (QED) is 0.471. The summed E-state index contributed by atoms with van der Waals surface area (Å²) in [6, 6.07) is 13.3. The lowest BCUT2D eigenvalue weighted by Crippen LogP contribution is -2.23. The minimum atomic E-state index is -0.459. The normalized spacial score (nSPS) is 14.7. The predicted molar refractivity (Wildman–Crippen MR) is 106 cm³/mol. The number of nitrogens with zero attached hydrogens (tertiary/aromatic N) is 2. The molecule has 2 aromatic rings. The predicted octanol–water partition coefficient (Wildman–Crippen LogP) is 3.28. The Morgan fingerprint density at radius 1 is 1.25 bits per heavy atom. The Hall–Kier alpha value is -3.46. The molecular formula is C19H15N3O5S. The van der Waals surface area contributed by atoms with Crippen LogP contribution < -0.4 is 10.1 Å². The molecule has 0 fully saturated rings. The molecule has 1 aliphatic heterocycles. The number of carbonyl (C=O) groups excluding carboxylic acids is 2. The van der Waals surface area contributed by atoms with Crippen LogP contribution in [0.25, 0.3) is 6.08 Å². The van der Waals surface area contributed by atoms with Gasteiger partial charge in [-0.05, 0) is 41.6 Å². The summed E-state index contributed by atoms with van der Waals surface area (Å²) in [6.45, 7) is 1.56. The lowest BCUT2D eigenvalue weighted by molar-refractivity contribution is -0.384. The number of carbonyl (C=O) groups is 2. The molecule has 0 bridgehead atoms. The number of rotatable bonds is 5. The van der Waals surface area contributed by atoms with Crippen molar-refractivity contribution >= 4 is 40.5 Å². The van der Waals surface area contributed by atoms with Crippen molar-refractivity contribution in [1.82, 2.24) is 5.32 Å². The summed E-state index contributed by atoms with van der Waals surface area (Å²) in [5, 5.41) is 13.5. The van der Waals surface area contributed by atoms with Crippen molar-refractivity contribution in [3.8, 4) is 5.75 Å². The highest BCUT2D eigenvalue weighted by molar-refractivity contribution is 8.18. The van der Waals surface area contributed by atoms with Gasteiger partial charge in [0, 0.05) is 24.6 Å². The van der Waals surface area contributed by atoms with Crippen LogP contribution in [-0.2, 0) is 16.2 Å². The van der Waals surface area contributed by atoms with E-state index in [-0.39, 0.29) is 23.4 Å². The zero-order valence-corrected chi connectivity index (χ0v) is 15.6. The maximum Gasteiger partial charge on any atom is 0.286 e. The molecule has 1 aliphatic rings. The highest BCUT2D eigenvalue weighted by atomic mass is 32.2. The number of hydrogen-bond acceptors (Lipinski definition) is 6. The summed E-state index contributed by atoms with van der Waals surface area (Å²) in [5.74, 6) is -0.180. The first-order chi connectivity index (χ1) is 13.4. The maximum atomic E-state index is 12.0. The second-order valence-corrected chi connectivity index (χ2v) is 6.79. The molecule has 0 aromatic heterocycles. The zero-order valence-electron chi connectivity index (χ0n) is 14.7. The Kier molecular flexibility index (Phi) is 5.85. The van der Waals surface area contributed by atoms with E-state index >= 15 is 0 Å². The van der Waals surface area contributed by atoms with E-state index in [0.29, 0.717) is 16.2 Å². The van der Waals surface area contributed by atoms with Crippen molar-refractivity contribution in [2.24, 2.45) is 4.99 Å². The van der Waals surface area contributed by atoms with Crippen LogP contribution in [0.3, 0.4) is 0 Å². The number of benzene rings is 2. The van der Waals surface area contributed by atoms with Crippen LogP contribution in [0, 0.1) is 10.1 Å². The zero-order chi connectivity index (χ0) is 20.1. The summed E-state index contributed by atoms with van der Waals surface area (Å²) in [5.41, 5.74) is 1.47. The molecule has 0 saturated heterocycles. The second-order valence-electron chi connectivity index (χ2n) is 5.76. The van der Waals surface area contributed by atoms with Gasteiger partial charge in [-0.25, -0.2) is 0 Å². The van der Waals surface area contributed by atoms with Gasteiger partial charge >= 0.3 is 0 Å². The summed E-state index contributed by atoms with van der Waals surface area (Å²) in [7, 11) is 0. The Morgan fingerprint density at radius 2 is 1.96 bits per heavy atom. The Labute approximate surface area is 164 Å². The molecule has 1 N–H and O–H groups in total. The number of nitro benzene ring substituents is 1. The number of amides is 2. The number of hydrogen-bond donors (Lipinski definition) is 1. The largest absolute Gasteiger partial charge is 0.488 e. The van der Waals surface area contributed by atoms with Crippen LogP contribution in [0.4, 0.5) is 5.69 Å². The van der Waals surface area contributed by atoms with Crippen molar-refractivity contribution < 1.29 is 19.2 Å². The molecule has 0 unspecified atom stereocenters. The number of aliphatic imine (C=N–C) groups is 1.